The molecule has 2 nitrogen and oxygen atoms in total. The first-order valence-electron chi connectivity index (χ1n) is 7.13. The van der Waals surface area contributed by atoms with Crippen molar-refractivity contribution in [2.45, 2.75) is 56.9 Å². The Labute approximate surface area is 109 Å². The molecule has 96 valence electrons. The lowest BCUT2D eigenvalue weighted by Gasteiger charge is -2.31. The second kappa shape index (κ2) is 4.42. The van der Waals surface area contributed by atoms with E-state index >= 15 is 0 Å². The van der Waals surface area contributed by atoms with Gasteiger partial charge in [-0.1, -0.05) is 31.5 Å². The molecule has 1 atom stereocenters. The molecule has 0 unspecified atom stereocenters. The zero-order valence-corrected chi connectivity index (χ0v) is 11.1. The molecular weight excluding hydrogens is 222 g/mol. The highest BCUT2D eigenvalue weighted by Gasteiger charge is 2.46. The van der Waals surface area contributed by atoms with Crippen LogP contribution in [0.5, 0.6) is 0 Å². The van der Waals surface area contributed by atoms with Crippen molar-refractivity contribution in [3.8, 4) is 0 Å². The smallest absolute Gasteiger partial charge is 0.223 e. The quantitative estimate of drug-likeness (QED) is 0.545. The summed E-state index contributed by atoms with van der Waals surface area (Å²) < 4.78 is 1.54. The van der Waals surface area contributed by atoms with Crippen molar-refractivity contribution >= 4 is 6.21 Å². The molecule has 0 bridgehead atoms. The highest BCUT2D eigenvalue weighted by Crippen LogP contribution is 2.40. The van der Waals surface area contributed by atoms with Crippen molar-refractivity contribution in [2.75, 3.05) is 0 Å². The lowest BCUT2D eigenvalue weighted by molar-refractivity contribution is -0.826. The summed E-state index contributed by atoms with van der Waals surface area (Å²) in [6, 6.07) is 8.46. The van der Waals surface area contributed by atoms with E-state index in [1.165, 1.54) is 35.1 Å². The van der Waals surface area contributed by atoms with E-state index in [2.05, 4.69) is 31.2 Å². The van der Waals surface area contributed by atoms with Gasteiger partial charge in [-0.05, 0) is 35.1 Å². The molecule has 18 heavy (non-hydrogen) atoms. The summed E-state index contributed by atoms with van der Waals surface area (Å²) >= 11 is 0. The molecular formula is C16H22NO+. The minimum atomic E-state index is -0.0172. The Morgan fingerprint density at radius 3 is 2.67 bits per heavy atom. The first kappa shape index (κ1) is 11.8. The Kier molecular flexibility index (Phi) is 2.89. The first-order chi connectivity index (χ1) is 8.71. The Hall–Kier alpha value is -1.31. The number of nitrogens with zero attached hydrogens (tertiary/aromatic N) is 1. The van der Waals surface area contributed by atoms with Crippen LogP contribution in [0.3, 0.4) is 0 Å². The molecule has 1 saturated carbocycles. The molecule has 0 aromatic heterocycles. The van der Waals surface area contributed by atoms with E-state index in [-0.39, 0.29) is 5.54 Å². The predicted octanol–water partition coefficient (Wildman–Crippen LogP) is 3.72. The lowest BCUT2D eigenvalue weighted by Crippen LogP contribution is -2.43. The maximum atomic E-state index is 10.5. The van der Waals surface area contributed by atoms with E-state index in [1.807, 2.05) is 6.21 Å². The predicted molar refractivity (Wildman–Crippen MR) is 72.5 cm³/mol. The fourth-order valence-electron chi connectivity index (χ4n) is 3.76. The SMILES string of the molecule is C[C@H]1CC2(CCCCC2)[N+](O)=Cc2ccccc21. The van der Waals surface area contributed by atoms with E-state index in [9.17, 15) is 5.21 Å². The monoisotopic (exact) mass is 244 g/mol. The molecule has 1 fully saturated rings. The summed E-state index contributed by atoms with van der Waals surface area (Å²) in [5.74, 6) is 0.521. The number of hydroxylamine groups is 1. The van der Waals surface area contributed by atoms with Crippen LogP contribution in [0.15, 0.2) is 24.3 Å². The summed E-state index contributed by atoms with van der Waals surface area (Å²) in [5.41, 5.74) is 2.53. The van der Waals surface area contributed by atoms with Crippen LogP contribution < -0.4 is 0 Å². The Morgan fingerprint density at radius 2 is 1.89 bits per heavy atom. The Bertz CT molecular complexity index is 472. The summed E-state index contributed by atoms with van der Waals surface area (Å²) in [5, 5.41) is 10.5. The van der Waals surface area contributed by atoms with Gasteiger partial charge in [0, 0.05) is 24.8 Å². The minimum absolute atomic E-state index is 0.0172. The van der Waals surface area contributed by atoms with Gasteiger partial charge >= 0.3 is 0 Å². The number of hydrogen-bond acceptors (Lipinski definition) is 1. The third-order valence-corrected chi connectivity index (χ3v) is 4.74. The molecule has 0 saturated heterocycles. The molecule has 1 aromatic carbocycles. The number of hydrogen-bond donors (Lipinski definition) is 1. The van der Waals surface area contributed by atoms with E-state index < -0.39 is 0 Å². The third kappa shape index (κ3) is 1.84. The van der Waals surface area contributed by atoms with Gasteiger partial charge in [-0.25, -0.2) is 0 Å². The number of benzene rings is 1. The highest BCUT2D eigenvalue weighted by atomic mass is 16.5. The molecule has 1 N–H and O–H groups in total. The molecule has 2 heteroatoms. The van der Waals surface area contributed by atoms with Crippen molar-refractivity contribution in [2.24, 2.45) is 0 Å². The average Bonchev–Trinajstić information content (AvgIpc) is 2.48. The van der Waals surface area contributed by atoms with Crippen molar-refractivity contribution in [1.82, 2.24) is 0 Å². The van der Waals surface area contributed by atoms with Gasteiger partial charge in [0.1, 0.15) is 0 Å². The summed E-state index contributed by atoms with van der Waals surface area (Å²) in [4.78, 5) is 0. The van der Waals surface area contributed by atoms with Crippen molar-refractivity contribution in [1.29, 1.82) is 0 Å². The zero-order valence-electron chi connectivity index (χ0n) is 11.1. The van der Waals surface area contributed by atoms with Gasteiger partial charge in [0.2, 0.25) is 11.8 Å². The van der Waals surface area contributed by atoms with Gasteiger partial charge in [0.05, 0.1) is 0 Å². The van der Waals surface area contributed by atoms with Gasteiger partial charge < -0.3 is 0 Å². The summed E-state index contributed by atoms with van der Waals surface area (Å²) in [6.07, 6.45) is 9.07. The van der Waals surface area contributed by atoms with Gasteiger partial charge in [-0.3, -0.25) is 5.21 Å². The molecule has 1 aromatic rings. The molecule has 1 aliphatic heterocycles. The highest BCUT2D eigenvalue weighted by molar-refractivity contribution is 5.78. The van der Waals surface area contributed by atoms with Crippen LogP contribution in [0.1, 0.15) is 62.5 Å². The first-order valence-corrected chi connectivity index (χ1v) is 7.13. The van der Waals surface area contributed by atoms with E-state index in [4.69, 9.17) is 0 Å². The van der Waals surface area contributed by atoms with E-state index in [1.54, 1.807) is 0 Å². The Balaban J connectivity index is 2.04. The topological polar surface area (TPSA) is 23.2 Å². The normalized spacial score (nSPS) is 26.3. The van der Waals surface area contributed by atoms with Gasteiger partial charge in [0.25, 0.3) is 0 Å². The number of rotatable bonds is 0. The maximum absolute atomic E-state index is 10.5. The minimum Gasteiger partial charge on any atom is -0.290 e. The van der Waals surface area contributed by atoms with Crippen LogP contribution in [0.4, 0.5) is 0 Å². The fourth-order valence-corrected chi connectivity index (χ4v) is 3.76. The lowest BCUT2D eigenvalue weighted by atomic mass is 9.75. The van der Waals surface area contributed by atoms with Crippen LogP contribution in [0, 0.1) is 0 Å². The van der Waals surface area contributed by atoms with Crippen LogP contribution in [-0.2, 0) is 0 Å². The van der Waals surface area contributed by atoms with Crippen LogP contribution in [0.25, 0.3) is 0 Å². The van der Waals surface area contributed by atoms with Gasteiger partial charge in [0.15, 0.2) is 0 Å². The van der Waals surface area contributed by atoms with Crippen LogP contribution in [-0.4, -0.2) is 21.7 Å². The van der Waals surface area contributed by atoms with Gasteiger partial charge in [-0.2, -0.15) is 0 Å². The van der Waals surface area contributed by atoms with E-state index in [0.29, 0.717) is 5.92 Å². The fraction of sp³-hybridized carbons (Fsp3) is 0.562. The molecule has 2 aliphatic rings. The molecule has 0 amide bonds. The van der Waals surface area contributed by atoms with Crippen LogP contribution >= 0.6 is 0 Å². The average molecular weight is 244 g/mol. The number of fused-ring (bicyclic) bond motifs is 1. The second-order valence-corrected chi connectivity index (χ2v) is 5.99. The standard InChI is InChI=1S/C16H22NO/c1-13-11-16(9-5-2-6-10-16)17(18)12-14-7-3-4-8-15(13)14/h3-4,7-8,12-13,18H,2,5-6,9-11H2,1H3/q+1/t13-/m0/s1. The molecule has 1 heterocycles. The third-order valence-electron chi connectivity index (χ3n) is 4.74. The molecule has 0 radical (unpaired) electrons. The molecule has 1 spiro atoms. The van der Waals surface area contributed by atoms with Crippen LogP contribution in [0.2, 0.25) is 0 Å². The second-order valence-electron chi connectivity index (χ2n) is 5.99. The largest absolute Gasteiger partial charge is 0.290 e. The summed E-state index contributed by atoms with van der Waals surface area (Å²) in [6.45, 7) is 2.29. The van der Waals surface area contributed by atoms with Crippen molar-refractivity contribution < 1.29 is 9.95 Å². The van der Waals surface area contributed by atoms with Gasteiger partial charge in [-0.15, -0.1) is 0 Å². The Morgan fingerprint density at radius 1 is 1.17 bits per heavy atom. The zero-order chi connectivity index (χ0) is 12.6. The molecule has 3 rings (SSSR count). The van der Waals surface area contributed by atoms with Crippen molar-refractivity contribution in [3.63, 3.8) is 0 Å². The summed E-state index contributed by atoms with van der Waals surface area (Å²) in [7, 11) is 0. The maximum Gasteiger partial charge on any atom is 0.223 e. The molecule has 1 aliphatic carbocycles. The van der Waals surface area contributed by atoms with Crippen molar-refractivity contribution in [3.05, 3.63) is 35.4 Å². The van der Waals surface area contributed by atoms with E-state index in [0.717, 1.165) is 19.3 Å².